The normalized spacial score (nSPS) is 26.1. The van der Waals surface area contributed by atoms with Crippen LogP contribution in [-0.4, -0.2) is 55.9 Å². The number of nitrogens with zero attached hydrogens (tertiary/aromatic N) is 2. The van der Waals surface area contributed by atoms with Crippen LogP contribution in [0.3, 0.4) is 0 Å². The van der Waals surface area contributed by atoms with E-state index in [1.165, 1.54) is 0 Å². The lowest BCUT2D eigenvalue weighted by molar-refractivity contribution is -0.142. The van der Waals surface area contributed by atoms with Crippen molar-refractivity contribution in [1.82, 2.24) is 4.90 Å². The van der Waals surface area contributed by atoms with Crippen LogP contribution in [0, 0.1) is 5.92 Å². The highest BCUT2D eigenvalue weighted by Crippen LogP contribution is 2.37. The lowest BCUT2D eigenvalue weighted by atomic mass is 10.1. The van der Waals surface area contributed by atoms with Crippen molar-refractivity contribution in [2.24, 2.45) is 5.92 Å². The number of carbonyl (C=O) groups is 2. The summed E-state index contributed by atoms with van der Waals surface area (Å²) in [7, 11) is 0. The third kappa shape index (κ3) is 2.69. The van der Waals surface area contributed by atoms with Crippen molar-refractivity contribution < 1.29 is 23.8 Å². The highest BCUT2D eigenvalue weighted by Gasteiger charge is 2.38. The first-order valence-corrected chi connectivity index (χ1v) is 8.22. The molecule has 3 heterocycles. The molecular weight excluding hydrogens is 312 g/mol. The van der Waals surface area contributed by atoms with E-state index in [9.17, 15) is 9.59 Å². The van der Waals surface area contributed by atoms with E-state index < -0.39 is 0 Å². The van der Waals surface area contributed by atoms with Gasteiger partial charge in [-0.25, -0.2) is 0 Å². The Morgan fingerprint density at radius 2 is 2.04 bits per heavy atom. The van der Waals surface area contributed by atoms with Gasteiger partial charge in [-0.05, 0) is 19.1 Å². The number of hydrogen-bond donors (Lipinski definition) is 0. The molecule has 3 aliphatic rings. The topological polar surface area (TPSA) is 68.3 Å². The van der Waals surface area contributed by atoms with Crippen LogP contribution in [0.15, 0.2) is 18.2 Å². The predicted molar refractivity (Wildman–Crippen MR) is 85.0 cm³/mol. The van der Waals surface area contributed by atoms with Gasteiger partial charge >= 0.3 is 0 Å². The average Bonchev–Trinajstić information content (AvgIpc) is 3.19. The van der Waals surface area contributed by atoms with Gasteiger partial charge in [-0.15, -0.1) is 0 Å². The van der Waals surface area contributed by atoms with Crippen molar-refractivity contribution in [2.45, 2.75) is 19.4 Å². The van der Waals surface area contributed by atoms with E-state index in [-0.39, 0.29) is 37.0 Å². The molecule has 0 radical (unpaired) electrons. The SMILES string of the molecule is CC1CN(C(=O)C2CC(=O)N(c3ccc4c(c3)OCO4)C2)CCO1. The zero-order chi connectivity index (χ0) is 16.7. The minimum atomic E-state index is -0.298. The fraction of sp³-hybridized carbons (Fsp3) is 0.529. The molecule has 24 heavy (non-hydrogen) atoms. The fourth-order valence-corrected chi connectivity index (χ4v) is 3.45. The minimum Gasteiger partial charge on any atom is -0.454 e. The van der Waals surface area contributed by atoms with Crippen molar-refractivity contribution in [2.75, 3.05) is 37.9 Å². The number of ether oxygens (including phenoxy) is 3. The molecule has 0 bridgehead atoms. The number of anilines is 1. The summed E-state index contributed by atoms with van der Waals surface area (Å²) in [6, 6.07) is 5.42. The smallest absolute Gasteiger partial charge is 0.231 e. The standard InChI is InChI=1S/C17H20N2O5/c1-11-8-18(4-5-22-11)17(21)12-6-16(20)19(9-12)13-2-3-14-15(7-13)24-10-23-14/h2-3,7,11-12H,4-6,8-10H2,1H3. The molecule has 2 atom stereocenters. The molecule has 2 unspecified atom stereocenters. The molecule has 0 aromatic heterocycles. The zero-order valence-electron chi connectivity index (χ0n) is 13.6. The Morgan fingerprint density at radius 1 is 1.21 bits per heavy atom. The van der Waals surface area contributed by atoms with Crippen LogP contribution in [0.1, 0.15) is 13.3 Å². The molecule has 0 aliphatic carbocycles. The average molecular weight is 332 g/mol. The van der Waals surface area contributed by atoms with E-state index >= 15 is 0 Å². The molecule has 128 valence electrons. The molecule has 7 nitrogen and oxygen atoms in total. The third-order valence-corrected chi connectivity index (χ3v) is 4.69. The van der Waals surface area contributed by atoms with Crippen LogP contribution in [0.4, 0.5) is 5.69 Å². The quantitative estimate of drug-likeness (QED) is 0.809. The Balaban J connectivity index is 1.47. The first kappa shape index (κ1) is 15.3. The lowest BCUT2D eigenvalue weighted by Crippen LogP contribution is -2.47. The fourth-order valence-electron chi connectivity index (χ4n) is 3.45. The molecule has 0 spiro atoms. The van der Waals surface area contributed by atoms with Crippen molar-refractivity contribution >= 4 is 17.5 Å². The van der Waals surface area contributed by atoms with Crippen LogP contribution in [0.2, 0.25) is 0 Å². The maximum Gasteiger partial charge on any atom is 0.231 e. The maximum atomic E-state index is 12.7. The Hall–Kier alpha value is -2.28. The molecule has 4 rings (SSSR count). The molecule has 7 heteroatoms. The summed E-state index contributed by atoms with van der Waals surface area (Å²) in [5.41, 5.74) is 0.745. The molecule has 1 aromatic rings. The number of rotatable bonds is 2. The highest BCUT2D eigenvalue weighted by atomic mass is 16.7. The summed E-state index contributed by atoms with van der Waals surface area (Å²) >= 11 is 0. The Kier molecular flexibility index (Phi) is 3.80. The van der Waals surface area contributed by atoms with E-state index in [2.05, 4.69) is 0 Å². The first-order valence-electron chi connectivity index (χ1n) is 8.22. The van der Waals surface area contributed by atoms with Gasteiger partial charge in [-0.3, -0.25) is 9.59 Å². The second-order valence-electron chi connectivity index (χ2n) is 6.41. The van der Waals surface area contributed by atoms with Gasteiger partial charge in [-0.1, -0.05) is 0 Å². The van der Waals surface area contributed by atoms with Crippen LogP contribution in [0.5, 0.6) is 11.5 Å². The largest absolute Gasteiger partial charge is 0.454 e. The van der Waals surface area contributed by atoms with Crippen LogP contribution < -0.4 is 14.4 Å². The van der Waals surface area contributed by atoms with Crippen LogP contribution >= 0.6 is 0 Å². The minimum absolute atomic E-state index is 0.0338. The van der Waals surface area contributed by atoms with Gasteiger partial charge in [0.05, 0.1) is 18.6 Å². The summed E-state index contributed by atoms with van der Waals surface area (Å²) in [6.07, 6.45) is 0.295. The molecule has 0 N–H and O–H groups in total. The summed E-state index contributed by atoms with van der Waals surface area (Å²) in [4.78, 5) is 28.6. The van der Waals surface area contributed by atoms with Crippen molar-refractivity contribution in [3.63, 3.8) is 0 Å². The molecule has 2 amide bonds. The number of hydrogen-bond acceptors (Lipinski definition) is 5. The predicted octanol–water partition coefficient (Wildman–Crippen LogP) is 1.02. The number of benzene rings is 1. The summed E-state index contributed by atoms with van der Waals surface area (Å²) in [5.74, 6) is 1.03. The van der Waals surface area contributed by atoms with E-state index in [1.807, 2.05) is 17.9 Å². The zero-order valence-corrected chi connectivity index (χ0v) is 13.6. The van der Waals surface area contributed by atoms with Gasteiger partial charge in [0.2, 0.25) is 18.6 Å². The highest BCUT2D eigenvalue weighted by molar-refractivity contribution is 6.00. The number of morpholine rings is 1. The number of amides is 2. The summed E-state index contributed by atoms with van der Waals surface area (Å²) in [6.45, 7) is 4.30. The second-order valence-corrected chi connectivity index (χ2v) is 6.41. The van der Waals surface area contributed by atoms with Gasteiger partial charge in [0, 0.05) is 37.8 Å². The Labute approximate surface area is 140 Å². The first-order chi connectivity index (χ1) is 11.6. The van der Waals surface area contributed by atoms with Gasteiger partial charge in [0.25, 0.3) is 0 Å². The molecular formula is C17H20N2O5. The van der Waals surface area contributed by atoms with Crippen molar-refractivity contribution in [1.29, 1.82) is 0 Å². The van der Waals surface area contributed by atoms with E-state index in [1.54, 1.807) is 17.0 Å². The van der Waals surface area contributed by atoms with E-state index in [0.717, 1.165) is 5.69 Å². The Bertz CT molecular complexity index is 677. The van der Waals surface area contributed by atoms with Gasteiger partial charge in [0.15, 0.2) is 11.5 Å². The number of fused-ring (bicyclic) bond motifs is 1. The van der Waals surface area contributed by atoms with Crippen molar-refractivity contribution in [3.05, 3.63) is 18.2 Å². The maximum absolute atomic E-state index is 12.7. The molecule has 2 fully saturated rings. The van der Waals surface area contributed by atoms with Crippen molar-refractivity contribution in [3.8, 4) is 11.5 Å². The van der Waals surface area contributed by atoms with Gasteiger partial charge in [0.1, 0.15) is 0 Å². The molecule has 0 saturated carbocycles. The van der Waals surface area contributed by atoms with Gasteiger partial charge < -0.3 is 24.0 Å². The third-order valence-electron chi connectivity index (χ3n) is 4.69. The van der Waals surface area contributed by atoms with E-state index in [0.29, 0.717) is 37.7 Å². The molecule has 3 aliphatic heterocycles. The number of carbonyl (C=O) groups excluding carboxylic acids is 2. The van der Waals surface area contributed by atoms with Crippen LogP contribution in [-0.2, 0) is 14.3 Å². The lowest BCUT2D eigenvalue weighted by Gasteiger charge is -2.32. The van der Waals surface area contributed by atoms with Gasteiger partial charge in [-0.2, -0.15) is 0 Å². The van der Waals surface area contributed by atoms with E-state index in [4.69, 9.17) is 14.2 Å². The summed E-state index contributed by atoms with van der Waals surface area (Å²) in [5, 5.41) is 0. The summed E-state index contributed by atoms with van der Waals surface area (Å²) < 4.78 is 16.1. The van der Waals surface area contributed by atoms with Crippen LogP contribution in [0.25, 0.3) is 0 Å². The Morgan fingerprint density at radius 3 is 2.88 bits per heavy atom. The second kappa shape index (κ2) is 5.98. The monoisotopic (exact) mass is 332 g/mol. The molecule has 2 saturated heterocycles. The molecule has 1 aromatic carbocycles.